The van der Waals surface area contributed by atoms with Gasteiger partial charge in [0.15, 0.2) is 0 Å². The highest BCUT2D eigenvalue weighted by molar-refractivity contribution is 5.78. The summed E-state index contributed by atoms with van der Waals surface area (Å²) < 4.78 is 49.4. The Morgan fingerprint density at radius 2 is 1.68 bits per heavy atom. The summed E-state index contributed by atoms with van der Waals surface area (Å²) >= 11 is 0. The van der Waals surface area contributed by atoms with Gasteiger partial charge < -0.3 is 10.5 Å². The molecule has 0 saturated heterocycles. The summed E-state index contributed by atoms with van der Waals surface area (Å²) in [4.78, 5) is 11.8. The molecular formula is C22H24F3NO2. The molecule has 1 unspecified atom stereocenters. The Bertz CT molecular complexity index is 917. The summed E-state index contributed by atoms with van der Waals surface area (Å²) in [5.41, 5.74) is 8.75. The number of halogens is 3. The number of aryl methyl sites for hydroxylation is 2. The van der Waals surface area contributed by atoms with Crippen LogP contribution in [0.5, 0.6) is 0 Å². The van der Waals surface area contributed by atoms with E-state index in [-0.39, 0.29) is 24.2 Å². The van der Waals surface area contributed by atoms with Crippen molar-refractivity contribution in [3.05, 3.63) is 57.4 Å². The van der Waals surface area contributed by atoms with Crippen LogP contribution in [0.15, 0.2) is 12.1 Å². The summed E-state index contributed by atoms with van der Waals surface area (Å²) in [7, 11) is 0. The zero-order valence-electron chi connectivity index (χ0n) is 16.3. The van der Waals surface area contributed by atoms with Gasteiger partial charge in [-0.1, -0.05) is 0 Å². The van der Waals surface area contributed by atoms with Gasteiger partial charge in [0.2, 0.25) is 0 Å². The van der Waals surface area contributed by atoms with Gasteiger partial charge in [-0.05, 0) is 80.0 Å². The van der Waals surface area contributed by atoms with E-state index in [9.17, 15) is 9.18 Å². The second kappa shape index (κ2) is 7.95. The van der Waals surface area contributed by atoms with Crippen molar-refractivity contribution in [1.82, 2.24) is 0 Å². The van der Waals surface area contributed by atoms with E-state index in [0.29, 0.717) is 47.1 Å². The highest BCUT2D eigenvalue weighted by atomic mass is 19.1. The third-order valence-corrected chi connectivity index (χ3v) is 5.29. The molecule has 3 rings (SSSR count). The van der Waals surface area contributed by atoms with Crippen LogP contribution < -0.4 is 5.73 Å². The maximum atomic E-state index is 15.7. The number of hydrogen-bond donors (Lipinski definition) is 1. The topological polar surface area (TPSA) is 52.3 Å². The molecule has 0 aromatic heterocycles. The highest BCUT2D eigenvalue weighted by Crippen LogP contribution is 2.42. The fraction of sp³-hybridized carbons (Fsp3) is 0.409. The van der Waals surface area contributed by atoms with Crippen molar-refractivity contribution in [2.75, 3.05) is 6.61 Å². The van der Waals surface area contributed by atoms with Crippen molar-refractivity contribution < 1.29 is 22.7 Å². The summed E-state index contributed by atoms with van der Waals surface area (Å²) in [5.74, 6) is -2.46. The van der Waals surface area contributed by atoms with E-state index >= 15 is 8.78 Å². The van der Waals surface area contributed by atoms with Crippen molar-refractivity contribution in [3.8, 4) is 11.1 Å². The van der Waals surface area contributed by atoms with E-state index in [4.69, 9.17) is 10.5 Å². The number of nitrogens with two attached hydrogens (primary N) is 1. The van der Waals surface area contributed by atoms with Crippen LogP contribution in [-0.4, -0.2) is 12.6 Å². The molecule has 3 nitrogen and oxygen atoms in total. The second-order valence-corrected chi connectivity index (χ2v) is 7.26. The first-order valence-corrected chi connectivity index (χ1v) is 9.47. The van der Waals surface area contributed by atoms with Crippen LogP contribution in [0.4, 0.5) is 13.2 Å². The molecule has 1 atom stereocenters. The van der Waals surface area contributed by atoms with Gasteiger partial charge in [0.05, 0.1) is 13.0 Å². The lowest BCUT2D eigenvalue weighted by atomic mass is 9.86. The lowest BCUT2D eigenvalue weighted by molar-refractivity contribution is -0.143. The Morgan fingerprint density at radius 3 is 2.29 bits per heavy atom. The minimum Gasteiger partial charge on any atom is -0.466 e. The molecule has 0 spiro atoms. The second-order valence-electron chi connectivity index (χ2n) is 7.26. The summed E-state index contributed by atoms with van der Waals surface area (Å²) in [6.07, 6.45) is 1.41. The molecule has 0 amide bonds. The molecule has 0 saturated carbocycles. The SMILES string of the molecule is CCOC(=O)CC(N)c1c(F)c2c(c(-c3c(C)cc(F)cc3C)c1F)CCC2. The van der Waals surface area contributed by atoms with E-state index in [0.717, 1.165) is 0 Å². The van der Waals surface area contributed by atoms with Crippen LogP contribution in [0.3, 0.4) is 0 Å². The zero-order chi connectivity index (χ0) is 20.6. The van der Waals surface area contributed by atoms with Gasteiger partial charge in [0.25, 0.3) is 0 Å². The Morgan fingerprint density at radius 1 is 1.07 bits per heavy atom. The average Bonchev–Trinajstić information content (AvgIpc) is 3.06. The van der Waals surface area contributed by atoms with Gasteiger partial charge in [-0.3, -0.25) is 4.79 Å². The van der Waals surface area contributed by atoms with Crippen LogP contribution in [0.1, 0.15) is 53.6 Å². The Labute approximate surface area is 162 Å². The molecule has 0 bridgehead atoms. The van der Waals surface area contributed by atoms with E-state index in [1.807, 2.05) is 0 Å². The van der Waals surface area contributed by atoms with Crippen LogP contribution in [0.25, 0.3) is 11.1 Å². The van der Waals surface area contributed by atoms with Gasteiger partial charge in [-0.2, -0.15) is 0 Å². The first-order valence-electron chi connectivity index (χ1n) is 9.47. The third-order valence-electron chi connectivity index (χ3n) is 5.29. The van der Waals surface area contributed by atoms with Gasteiger partial charge in [-0.25, -0.2) is 13.2 Å². The van der Waals surface area contributed by atoms with Crippen molar-refractivity contribution >= 4 is 5.97 Å². The highest BCUT2D eigenvalue weighted by Gasteiger charge is 2.32. The number of carbonyl (C=O) groups excluding carboxylic acids is 1. The maximum absolute atomic E-state index is 15.7. The first kappa shape index (κ1) is 20.4. The maximum Gasteiger partial charge on any atom is 0.307 e. The number of esters is 1. The number of fused-ring (bicyclic) bond motifs is 1. The normalized spacial score (nSPS) is 14.1. The smallest absolute Gasteiger partial charge is 0.307 e. The van der Waals surface area contributed by atoms with E-state index in [2.05, 4.69) is 0 Å². The fourth-order valence-corrected chi connectivity index (χ4v) is 4.18. The average molecular weight is 391 g/mol. The Kier molecular flexibility index (Phi) is 5.79. The Balaban J connectivity index is 2.23. The molecule has 0 aliphatic heterocycles. The van der Waals surface area contributed by atoms with Gasteiger partial charge in [0, 0.05) is 17.2 Å². The lowest BCUT2D eigenvalue weighted by Crippen LogP contribution is -2.21. The molecular weight excluding hydrogens is 367 g/mol. The van der Waals surface area contributed by atoms with Crippen molar-refractivity contribution in [1.29, 1.82) is 0 Å². The Hall–Kier alpha value is -2.34. The number of ether oxygens (including phenoxy) is 1. The van der Waals surface area contributed by atoms with Crippen LogP contribution >= 0.6 is 0 Å². The molecule has 0 fully saturated rings. The number of carbonyl (C=O) groups is 1. The monoisotopic (exact) mass is 391 g/mol. The minimum atomic E-state index is -1.16. The predicted molar refractivity (Wildman–Crippen MR) is 101 cm³/mol. The van der Waals surface area contributed by atoms with Crippen molar-refractivity contribution in [2.24, 2.45) is 5.73 Å². The molecule has 28 heavy (non-hydrogen) atoms. The molecule has 6 heteroatoms. The number of rotatable bonds is 5. The molecule has 2 aromatic rings. The standard InChI is InChI=1S/C22H24F3NO2/c1-4-28-17(27)10-16(26)20-21(24)15-7-5-6-14(15)19(22(20)25)18-11(2)8-13(23)9-12(18)3/h8-9,16H,4-7,10,26H2,1-3H3. The van der Waals surface area contributed by atoms with E-state index < -0.39 is 29.5 Å². The molecule has 2 aromatic carbocycles. The van der Waals surface area contributed by atoms with Crippen LogP contribution in [0, 0.1) is 31.3 Å². The zero-order valence-corrected chi connectivity index (χ0v) is 16.3. The van der Waals surface area contributed by atoms with Crippen LogP contribution in [-0.2, 0) is 22.4 Å². The summed E-state index contributed by atoms with van der Waals surface area (Å²) in [5, 5.41) is 0. The molecule has 2 N–H and O–H groups in total. The molecule has 0 radical (unpaired) electrons. The number of benzene rings is 2. The quantitative estimate of drug-likeness (QED) is 0.743. The fourth-order valence-electron chi connectivity index (χ4n) is 4.18. The summed E-state index contributed by atoms with van der Waals surface area (Å²) in [6, 6.07) is 1.51. The minimum absolute atomic E-state index is 0.167. The van der Waals surface area contributed by atoms with Crippen molar-refractivity contribution in [3.63, 3.8) is 0 Å². The van der Waals surface area contributed by atoms with Crippen LogP contribution in [0.2, 0.25) is 0 Å². The first-order chi connectivity index (χ1) is 13.3. The molecule has 150 valence electrons. The lowest BCUT2D eigenvalue weighted by Gasteiger charge is -2.22. The predicted octanol–water partition coefficient (Wildman–Crippen LogP) is 4.83. The molecule has 1 aliphatic carbocycles. The molecule has 1 aliphatic rings. The third kappa shape index (κ3) is 3.53. The van der Waals surface area contributed by atoms with Gasteiger partial charge in [-0.15, -0.1) is 0 Å². The largest absolute Gasteiger partial charge is 0.466 e. The van der Waals surface area contributed by atoms with Gasteiger partial charge in [0.1, 0.15) is 17.5 Å². The van der Waals surface area contributed by atoms with Crippen molar-refractivity contribution in [2.45, 2.75) is 52.5 Å². The summed E-state index contributed by atoms with van der Waals surface area (Å²) in [6.45, 7) is 5.22. The number of hydrogen-bond acceptors (Lipinski definition) is 3. The van der Waals surface area contributed by atoms with E-state index in [1.165, 1.54) is 12.1 Å². The van der Waals surface area contributed by atoms with Gasteiger partial charge >= 0.3 is 5.97 Å². The molecule has 0 heterocycles. The van der Waals surface area contributed by atoms with E-state index in [1.54, 1.807) is 20.8 Å².